The molecule has 0 heterocycles. The number of aliphatic hydroxyl groups is 1. The lowest BCUT2D eigenvalue weighted by Crippen LogP contribution is -1.91. The zero-order valence-corrected chi connectivity index (χ0v) is 6.20. The van der Waals surface area contributed by atoms with Crippen LogP contribution in [0.1, 0.15) is 5.56 Å². The van der Waals surface area contributed by atoms with E-state index in [9.17, 15) is 0 Å². The molecule has 0 radical (unpaired) electrons. The van der Waals surface area contributed by atoms with Gasteiger partial charge in [-0.25, -0.2) is 0 Å². The van der Waals surface area contributed by atoms with Gasteiger partial charge in [0.25, 0.3) is 0 Å². The van der Waals surface area contributed by atoms with Crippen molar-refractivity contribution in [1.82, 2.24) is 0 Å². The van der Waals surface area contributed by atoms with Gasteiger partial charge in [0.1, 0.15) is 0 Å². The number of benzene rings is 1. The third-order valence-corrected chi connectivity index (χ3v) is 1.50. The van der Waals surface area contributed by atoms with Crippen molar-refractivity contribution >= 4 is 5.69 Å². The standard InChI is InChI=1S/C9H11NO/c10-9-6-2-1-4-8(9)5-3-7-11/h1-4,6-7,11H,5,10H2. The molecule has 0 aliphatic carbocycles. The molecule has 1 aromatic carbocycles. The van der Waals surface area contributed by atoms with Crippen molar-refractivity contribution in [1.29, 1.82) is 0 Å². The molecule has 0 fully saturated rings. The number of hydrogen-bond acceptors (Lipinski definition) is 2. The molecule has 2 heteroatoms. The van der Waals surface area contributed by atoms with Crippen LogP contribution in [0.2, 0.25) is 0 Å². The monoisotopic (exact) mass is 149 g/mol. The van der Waals surface area contributed by atoms with Gasteiger partial charge in [0.05, 0.1) is 6.26 Å². The smallest absolute Gasteiger partial charge is 0.0755 e. The highest BCUT2D eigenvalue weighted by Crippen LogP contribution is 2.10. The van der Waals surface area contributed by atoms with Gasteiger partial charge in [0.2, 0.25) is 0 Å². The van der Waals surface area contributed by atoms with E-state index in [-0.39, 0.29) is 0 Å². The Hall–Kier alpha value is -1.44. The topological polar surface area (TPSA) is 46.2 Å². The number of anilines is 1. The van der Waals surface area contributed by atoms with E-state index < -0.39 is 0 Å². The van der Waals surface area contributed by atoms with Crippen LogP contribution < -0.4 is 5.73 Å². The fourth-order valence-corrected chi connectivity index (χ4v) is 0.900. The Kier molecular flexibility index (Phi) is 2.55. The van der Waals surface area contributed by atoms with Gasteiger partial charge in [0, 0.05) is 5.69 Å². The summed E-state index contributed by atoms with van der Waals surface area (Å²) in [5.74, 6) is 0. The van der Waals surface area contributed by atoms with Gasteiger partial charge in [-0.1, -0.05) is 18.2 Å². The molecule has 0 aromatic heterocycles. The van der Waals surface area contributed by atoms with Crippen molar-refractivity contribution in [2.24, 2.45) is 0 Å². The van der Waals surface area contributed by atoms with Crippen LogP contribution in [0.15, 0.2) is 36.6 Å². The van der Waals surface area contributed by atoms with E-state index >= 15 is 0 Å². The van der Waals surface area contributed by atoms with Crippen LogP contribution >= 0.6 is 0 Å². The van der Waals surface area contributed by atoms with Gasteiger partial charge in [-0.2, -0.15) is 0 Å². The maximum atomic E-state index is 8.40. The second-order valence-corrected chi connectivity index (χ2v) is 2.29. The molecule has 0 unspecified atom stereocenters. The molecular weight excluding hydrogens is 138 g/mol. The average Bonchev–Trinajstić information content (AvgIpc) is 2.03. The largest absolute Gasteiger partial charge is 0.516 e. The second-order valence-electron chi connectivity index (χ2n) is 2.29. The highest BCUT2D eigenvalue weighted by molar-refractivity contribution is 5.47. The first-order valence-corrected chi connectivity index (χ1v) is 3.47. The highest BCUT2D eigenvalue weighted by atomic mass is 16.2. The summed E-state index contributed by atoms with van der Waals surface area (Å²) in [6.07, 6.45) is 3.38. The predicted molar refractivity (Wildman–Crippen MR) is 46.3 cm³/mol. The van der Waals surface area contributed by atoms with E-state index in [1.165, 1.54) is 0 Å². The Morgan fingerprint density at radius 1 is 1.36 bits per heavy atom. The van der Waals surface area contributed by atoms with E-state index in [1.54, 1.807) is 6.08 Å². The molecular formula is C9H11NO. The van der Waals surface area contributed by atoms with Crippen LogP contribution in [-0.2, 0) is 6.42 Å². The molecule has 0 saturated heterocycles. The number of rotatable bonds is 2. The van der Waals surface area contributed by atoms with Gasteiger partial charge >= 0.3 is 0 Å². The Morgan fingerprint density at radius 2 is 2.09 bits per heavy atom. The first-order valence-electron chi connectivity index (χ1n) is 3.47. The lowest BCUT2D eigenvalue weighted by atomic mass is 10.1. The SMILES string of the molecule is Nc1ccccc1CC=CO. The second kappa shape index (κ2) is 3.66. The quantitative estimate of drug-likeness (QED) is 0.498. The van der Waals surface area contributed by atoms with Gasteiger partial charge in [-0.3, -0.25) is 0 Å². The van der Waals surface area contributed by atoms with Crippen LogP contribution in [0.4, 0.5) is 5.69 Å². The summed E-state index contributed by atoms with van der Waals surface area (Å²) in [6, 6.07) is 7.61. The zero-order chi connectivity index (χ0) is 8.10. The fourth-order valence-electron chi connectivity index (χ4n) is 0.900. The Balaban J connectivity index is 2.77. The number of nitrogens with two attached hydrogens (primary N) is 1. The minimum Gasteiger partial charge on any atom is -0.516 e. The highest BCUT2D eigenvalue weighted by Gasteiger charge is 1.92. The minimum atomic E-state index is 0.684. The molecule has 0 atom stereocenters. The number of hydrogen-bond donors (Lipinski definition) is 2. The van der Waals surface area contributed by atoms with Gasteiger partial charge in [-0.15, -0.1) is 0 Å². The van der Waals surface area contributed by atoms with Gasteiger partial charge in [0.15, 0.2) is 0 Å². The molecule has 2 nitrogen and oxygen atoms in total. The van der Waals surface area contributed by atoms with Crippen LogP contribution in [0.3, 0.4) is 0 Å². The lowest BCUT2D eigenvalue weighted by Gasteiger charge is -1.99. The van der Waals surface area contributed by atoms with Crippen LogP contribution in [0, 0.1) is 0 Å². The van der Waals surface area contributed by atoms with E-state index in [1.807, 2.05) is 24.3 Å². The molecule has 0 spiro atoms. The predicted octanol–water partition coefficient (Wildman–Crippen LogP) is 1.88. The average molecular weight is 149 g/mol. The maximum Gasteiger partial charge on any atom is 0.0755 e. The summed E-state index contributed by atoms with van der Waals surface area (Å²) in [6.45, 7) is 0. The van der Waals surface area contributed by atoms with Crippen LogP contribution in [0.25, 0.3) is 0 Å². The van der Waals surface area contributed by atoms with E-state index in [2.05, 4.69) is 0 Å². The summed E-state index contributed by atoms with van der Waals surface area (Å²) in [5.41, 5.74) is 7.45. The normalized spacial score (nSPS) is 10.5. The molecule has 0 aliphatic rings. The van der Waals surface area contributed by atoms with E-state index in [4.69, 9.17) is 10.8 Å². The van der Waals surface area contributed by atoms with E-state index in [0.717, 1.165) is 17.5 Å². The van der Waals surface area contributed by atoms with Crippen molar-refractivity contribution in [3.8, 4) is 0 Å². The van der Waals surface area contributed by atoms with Crippen molar-refractivity contribution < 1.29 is 5.11 Å². The number of allylic oxidation sites excluding steroid dienone is 1. The molecule has 58 valence electrons. The Morgan fingerprint density at radius 3 is 2.73 bits per heavy atom. The molecule has 0 amide bonds. The summed E-state index contributed by atoms with van der Waals surface area (Å²) < 4.78 is 0. The summed E-state index contributed by atoms with van der Waals surface area (Å²) in [7, 11) is 0. The fraction of sp³-hybridized carbons (Fsp3) is 0.111. The molecule has 3 N–H and O–H groups in total. The van der Waals surface area contributed by atoms with Crippen molar-refractivity contribution in [3.63, 3.8) is 0 Å². The summed E-state index contributed by atoms with van der Waals surface area (Å²) >= 11 is 0. The molecule has 1 rings (SSSR count). The molecule has 0 aliphatic heterocycles. The van der Waals surface area contributed by atoms with E-state index in [0.29, 0.717) is 6.42 Å². The van der Waals surface area contributed by atoms with Crippen molar-refractivity contribution in [2.45, 2.75) is 6.42 Å². The van der Waals surface area contributed by atoms with Crippen molar-refractivity contribution in [3.05, 3.63) is 42.2 Å². The van der Waals surface area contributed by atoms with Crippen LogP contribution in [-0.4, -0.2) is 5.11 Å². The third kappa shape index (κ3) is 2.00. The zero-order valence-electron chi connectivity index (χ0n) is 6.20. The van der Waals surface area contributed by atoms with Gasteiger partial charge in [-0.05, 0) is 24.1 Å². The maximum absolute atomic E-state index is 8.40. The summed E-state index contributed by atoms with van der Waals surface area (Å²) in [5, 5.41) is 8.40. The van der Waals surface area contributed by atoms with Crippen LogP contribution in [0.5, 0.6) is 0 Å². The van der Waals surface area contributed by atoms with Crippen molar-refractivity contribution in [2.75, 3.05) is 5.73 Å². The number of nitrogen functional groups attached to an aromatic ring is 1. The first-order chi connectivity index (χ1) is 5.34. The number of para-hydroxylation sites is 1. The molecule has 0 bridgehead atoms. The number of aliphatic hydroxyl groups excluding tert-OH is 1. The van der Waals surface area contributed by atoms with Gasteiger partial charge < -0.3 is 10.8 Å². The first kappa shape index (κ1) is 7.66. The molecule has 0 saturated carbocycles. The Bertz CT molecular complexity index is 255. The Labute approximate surface area is 66.0 Å². The molecule has 11 heavy (non-hydrogen) atoms. The third-order valence-electron chi connectivity index (χ3n) is 1.50. The summed E-state index contributed by atoms with van der Waals surface area (Å²) in [4.78, 5) is 0. The molecule has 1 aromatic rings. The lowest BCUT2D eigenvalue weighted by molar-refractivity contribution is 0.471. The minimum absolute atomic E-state index is 0.684.